The van der Waals surface area contributed by atoms with E-state index in [4.69, 9.17) is 4.74 Å². The van der Waals surface area contributed by atoms with Crippen LogP contribution in [-0.4, -0.2) is 33.1 Å². The number of halogens is 3. The Morgan fingerprint density at radius 1 is 1.13 bits per heavy atom. The maximum Gasteiger partial charge on any atom is 0.450 e. The van der Waals surface area contributed by atoms with Crippen molar-refractivity contribution in [3.8, 4) is 5.69 Å². The molecule has 2 aromatic carbocycles. The molecule has 0 saturated heterocycles. The first kappa shape index (κ1) is 22.3. The van der Waals surface area contributed by atoms with Crippen LogP contribution in [-0.2, 0) is 27.1 Å². The third kappa shape index (κ3) is 5.21. The molecule has 0 aliphatic heterocycles. The second-order valence-corrected chi connectivity index (χ2v) is 6.65. The van der Waals surface area contributed by atoms with Crippen LogP contribution in [0.5, 0.6) is 0 Å². The molecule has 3 rings (SSSR count). The summed E-state index contributed by atoms with van der Waals surface area (Å²) in [5.41, 5.74) is 1.37. The highest BCUT2D eigenvalue weighted by Crippen LogP contribution is 2.34. The Balaban J connectivity index is 1.85. The number of hydrogen-bond acceptors (Lipinski definition) is 5. The fraction of sp³-hybridized carbons (Fsp3) is 0.286. The van der Waals surface area contributed by atoms with Gasteiger partial charge in [-0.1, -0.05) is 6.07 Å². The minimum absolute atomic E-state index is 0.0659. The predicted octanol–water partition coefficient (Wildman–Crippen LogP) is 3.82. The normalized spacial score (nSPS) is 11.5. The lowest BCUT2D eigenvalue weighted by molar-refractivity contribution is -0.145. The highest BCUT2D eigenvalue weighted by molar-refractivity contribution is 5.92. The standard InChI is InChI=1S/C21H20F3N3O4/c1-2-31-19(30)10-9-18(29)25-14-4-6-15(7-5-14)27-17-8-3-13(12-28)11-16(17)26-20(27)21(22,23)24/h3-8,11,28H,2,9-10,12H2,1H3,(H,25,29). The van der Waals surface area contributed by atoms with Crippen LogP contribution in [0.2, 0.25) is 0 Å². The van der Waals surface area contributed by atoms with Crippen molar-refractivity contribution < 1.29 is 32.6 Å². The average molecular weight is 435 g/mol. The number of nitrogens with zero attached hydrogens (tertiary/aromatic N) is 2. The molecular formula is C21H20F3N3O4. The Hall–Kier alpha value is -3.40. The van der Waals surface area contributed by atoms with E-state index in [1.807, 2.05) is 0 Å². The largest absolute Gasteiger partial charge is 0.466 e. The van der Waals surface area contributed by atoms with Crippen molar-refractivity contribution in [3.05, 3.63) is 53.9 Å². The number of imidazole rings is 1. The Bertz CT molecular complexity index is 1090. The van der Waals surface area contributed by atoms with E-state index >= 15 is 0 Å². The van der Waals surface area contributed by atoms with E-state index in [1.165, 1.54) is 42.5 Å². The monoisotopic (exact) mass is 435 g/mol. The number of anilines is 1. The Morgan fingerprint density at radius 3 is 2.45 bits per heavy atom. The molecule has 1 amide bonds. The van der Waals surface area contributed by atoms with Crippen molar-refractivity contribution in [3.63, 3.8) is 0 Å². The molecule has 2 N–H and O–H groups in total. The molecule has 0 aliphatic rings. The van der Waals surface area contributed by atoms with E-state index in [0.29, 0.717) is 11.3 Å². The Labute approximate surface area is 175 Å². The van der Waals surface area contributed by atoms with Gasteiger partial charge in [0.05, 0.1) is 30.7 Å². The number of esters is 1. The summed E-state index contributed by atoms with van der Waals surface area (Å²) in [5, 5.41) is 11.8. The first-order chi connectivity index (χ1) is 14.7. The number of rotatable bonds is 7. The van der Waals surface area contributed by atoms with E-state index < -0.39 is 23.9 Å². The summed E-state index contributed by atoms with van der Waals surface area (Å²) in [6.07, 6.45) is -4.83. The fourth-order valence-electron chi connectivity index (χ4n) is 3.04. The Kier molecular flexibility index (Phi) is 6.59. The van der Waals surface area contributed by atoms with Gasteiger partial charge >= 0.3 is 12.1 Å². The van der Waals surface area contributed by atoms with E-state index in [1.54, 1.807) is 6.92 Å². The van der Waals surface area contributed by atoms with Gasteiger partial charge in [-0.15, -0.1) is 0 Å². The molecule has 0 aliphatic carbocycles. The van der Waals surface area contributed by atoms with Crippen molar-refractivity contribution in [2.75, 3.05) is 11.9 Å². The first-order valence-corrected chi connectivity index (χ1v) is 9.48. The van der Waals surface area contributed by atoms with Crippen molar-refractivity contribution in [2.45, 2.75) is 32.5 Å². The quantitative estimate of drug-likeness (QED) is 0.551. The number of carbonyl (C=O) groups is 2. The van der Waals surface area contributed by atoms with Gasteiger partial charge in [0.2, 0.25) is 11.7 Å². The highest BCUT2D eigenvalue weighted by atomic mass is 19.4. The first-order valence-electron chi connectivity index (χ1n) is 9.48. The lowest BCUT2D eigenvalue weighted by Gasteiger charge is -2.12. The lowest BCUT2D eigenvalue weighted by Crippen LogP contribution is -2.15. The summed E-state index contributed by atoms with van der Waals surface area (Å²) in [6.45, 7) is 1.58. The zero-order valence-electron chi connectivity index (χ0n) is 16.6. The molecule has 164 valence electrons. The molecule has 7 nitrogen and oxygen atoms in total. The molecule has 1 heterocycles. The van der Waals surface area contributed by atoms with Gasteiger partial charge in [-0.05, 0) is 48.9 Å². The summed E-state index contributed by atoms with van der Waals surface area (Å²) in [4.78, 5) is 27.0. The minimum atomic E-state index is -4.70. The van der Waals surface area contributed by atoms with Gasteiger partial charge in [0.15, 0.2) is 0 Å². The molecule has 0 fully saturated rings. The number of amides is 1. The van der Waals surface area contributed by atoms with Gasteiger partial charge in [0.1, 0.15) is 0 Å². The third-order valence-corrected chi connectivity index (χ3v) is 4.43. The van der Waals surface area contributed by atoms with Crippen molar-refractivity contribution in [2.24, 2.45) is 0 Å². The van der Waals surface area contributed by atoms with Crippen LogP contribution in [0, 0.1) is 0 Å². The molecule has 0 saturated carbocycles. The maximum absolute atomic E-state index is 13.6. The number of aromatic nitrogens is 2. The summed E-state index contributed by atoms with van der Waals surface area (Å²) < 4.78 is 46.5. The third-order valence-electron chi connectivity index (χ3n) is 4.43. The lowest BCUT2D eigenvalue weighted by atomic mass is 10.2. The number of aliphatic hydroxyl groups excluding tert-OH is 1. The zero-order valence-corrected chi connectivity index (χ0v) is 16.6. The molecular weight excluding hydrogens is 415 g/mol. The molecule has 0 spiro atoms. The van der Waals surface area contributed by atoms with Crippen molar-refractivity contribution in [1.29, 1.82) is 0 Å². The second-order valence-electron chi connectivity index (χ2n) is 6.65. The molecule has 31 heavy (non-hydrogen) atoms. The van der Waals surface area contributed by atoms with Gasteiger partial charge in [0, 0.05) is 17.8 Å². The molecule has 0 unspecified atom stereocenters. The van der Waals surface area contributed by atoms with E-state index in [-0.39, 0.29) is 42.8 Å². The molecule has 0 atom stereocenters. The number of hydrogen-bond donors (Lipinski definition) is 2. The summed E-state index contributed by atoms with van der Waals surface area (Å²) >= 11 is 0. The van der Waals surface area contributed by atoms with Crippen LogP contribution < -0.4 is 5.32 Å². The van der Waals surface area contributed by atoms with Gasteiger partial charge < -0.3 is 15.2 Å². The molecule has 0 radical (unpaired) electrons. The average Bonchev–Trinajstić information content (AvgIpc) is 3.12. The van der Waals surface area contributed by atoms with E-state index in [0.717, 1.165) is 4.57 Å². The number of benzene rings is 2. The number of nitrogens with one attached hydrogen (secondary N) is 1. The summed E-state index contributed by atoms with van der Waals surface area (Å²) in [6, 6.07) is 10.2. The van der Waals surface area contributed by atoms with Gasteiger partial charge in [-0.3, -0.25) is 14.2 Å². The zero-order chi connectivity index (χ0) is 22.6. The fourth-order valence-corrected chi connectivity index (χ4v) is 3.04. The second kappa shape index (κ2) is 9.17. The Morgan fingerprint density at radius 2 is 1.84 bits per heavy atom. The van der Waals surface area contributed by atoms with Crippen LogP contribution in [0.4, 0.5) is 18.9 Å². The molecule has 0 bridgehead atoms. The van der Waals surface area contributed by atoms with E-state index in [9.17, 15) is 27.9 Å². The van der Waals surface area contributed by atoms with Crippen molar-refractivity contribution >= 4 is 28.6 Å². The number of ether oxygens (including phenoxy) is 1. The predicted molar refractivity (Wildman–Crippen MR) is 106 cm³/mol. The van der Waals surface area contributed by atoms with Crippen LogP contribution in [0.15, 0.2) is 42.5 Å². The topological polar surface area (TPSA) is 93.5 Å². The summed E-state index contributed by atoms with van der Waals surface area (Å²) in [5.74, 6) is -1.99. The number of fused-ring (bicyclic) bond motifs is 1. The smallest absolute Gasteiger partial charge is 0.450 e. The number of aliphatic hydroxyl groups is 1. The maximum atomic E-state index is 13.6. The van der Waals surface area contributed by atoms with Crippen LogP contribution in [0.25, 0.3) is 16.7 Å². The highest BCUT2D eigenvalue weighted by Gasteiger charge is 2.38. The van der Waals surface area contributed by atoms with E-state index in [2.05, 4.69) is 10.3 Å². The number of alkyl halides is 3. The minimum Gasteiger partial charge on any atom is -0.466 e. The van der Waals surface area contributed by atoms with Gasteiger partial charge in [-0.25, -0.2) is 4.98 Å². The molecule has 1 aromatic heterocycles. The molecule has 3 aromatic rings. The van der Waals surface area contributed by atoms with Gasteiger partial charge in [-0.2, -0.15) is 13.2 Å². The van der Waals surface area contributed by atoms with Crippen LogP contribution in [0.1, 0.15) is 31.2 Å². The number of carbonyl (C=O) groups excluding carboxylic acids is 2. The van der Waals surface area contributed by atoms with Crippen molar-refractivity contribution in [1.82, 2.24) is 9.55 Å². The SMILES string of the molecule is CCOC(=O)CCC(=O)Nc1ccc(-n2c(C(F)(F)F)nc3cc(CO)ccc32)cc1. The van der Waals surface area contributed by atoms with Crippen LogP contribution >= 0.6 is 0 Å². The molecule has 10 heteroatoms. The summed E-state index contributed by atoms with van der Waals surface area (Å²) in [7, 11) is 0. The van der Waals surface area contributed by atoms with Gasteiger partial charge in [0.25, 0.3) is 0 Å². The van der Waals surface area contributed by atoms with Crippen LogP contribution in [0.3, 0.4) is 0 Å².